The number of carbonyl (C=O) groups is 1. The van der Waals surface area contributed by atoms with Gasteiger partial charge < -0.3 is 19.7 Å². The third-order valence-corrected chi connectivity index (χ3v) is 2.88. The van der Waals surface area contributed by atoms with Gasteiger partial charge in [0.05, 0.1) is 6.61 Å². The van der Waals surface area contributed by atoms with Gasteiger partial charge in [-0.25, -0.2) is 4.79 Å². The molecule has 1 aliphatic heterocycles. The van der Waals surface area contributed by atoms with E-state index >= 15 is 0 Å². The Hall–Kier alpha value is -1.43. The molecule has 2 N–H and O–H groups in total. The minimum Gasteiger partial charge on any atom is -0.479 e. The molecule has 1 aromatic carbocycles. The summed E-state index contributed by atoms with van der Waals surface area (Å²) in [6.45, 7) is 3.93. The molecule has 0 amide bonds. The van der Waals surface area contributed by atoms with Gasteiger partial charge in [-0.2, -0.15) is 0 Å². The number of hydrogen-bond donors (Lipinski definition) is 2. The van der Waals surface area contributed by atoms with Gasteiger partial charge in [0.15, 0.2) is 11.9 Å². The summed E-state index contributed by atoms with van der Waals surface area (Å²) in [7, 11) is 0. The van der Waals surface area contributed by atoms with Crippen molar-refractivity contribution in [3.63, 3.8) is 0 Å². The Balaban J connectivity index is 2.31. The number of aliphatic hydroxyl groups excluding tert-OH is 1. The predicted molar refractivity (Wildman–Crippen MR) is 62.9 cm³/mol. The molecule has 0 saturated carbocycles. The zero-order valence-electron chi connectivity index (χ0n) is 10.3. The normalized spacial score (nSPS) is 23.8. The highest BCUT2D eigenvalue weighted by Crippen LogP contribution is 2.35. The van der Waals surface area contributed by atoms with Crippen LogP contribution in [0.1, 0.15) is 37.2 Å². The number of rotatable bonds is 3. The highest BCUT2D eigenvalue weighted by Gasteiger charge is 2.35. The molecule has 5 nitrogen and oxygen atoms in total. The van der Waals surface area contributed by atoms with Gasteiger partial charge in [0.2, 0.25) is 0 Å². The highest BCUT2D eigenvalue weighted by molar-refractivity contribution is 5.74. The second-order valence-electron chi connectivity index (χ2n) is 4.69. The number of hydrogen-bond acceptors (Lipinski definition) is 4. The maximum absolute atomic E-state index is 10.9. The number of carboxylic acids is 1. The van der Waals surface area contributed by atoms with Crippen LogP contribution < -0.4 is 0 Å². The van der Waals surface area contributed by atoms with Crippen LogP contribution in [0.5, 0.6) is 0 Å². The van der Waals surface area contributed by atoms with E-state index in [1.165, 1.54) is 0 Å². The summed E-state index contributed by atoms with van der Waals surface area (Å²) >= 11 is 0. The fourth-order valence-corrected chi connectivity index (χ4v) is 2.03. The van der Waals surface area contributed by atoms with Crippen molar-refractivity contribution in [3.05, 3.63) is 35.4 Å². The molecule has 1 aliphatic rings. The lowest BCUT2D eigenvalue weighted by molar-refractivity contribution is -0.147. The topological polar surface area (TPSA) is 76.0 Å². The van der Waals surface area contributed by atoms with Crippen LogP contribution in [0.2, 0.25) is 0 Å². The molecular weight excluding hydrogens is 236 g/mol. The first-order valence-electron chi connectivity index (χ1n) is 5.72. The fraction of sp³-hybridized carbons (Fsp3) is 0.462. The first-order valence-corrected chi connectivity index (χ1v) is 5.72. The Kier molecular flexibility index (Phi) is 3.38. The Morgan fingerprint density at radius 1 is 1.44 bits per heavy atom. The van der Waals surface area contributed by atoms with Crippen LogP contribution in [-0.4, -0.2) is 28.6 Å². The summed E-state index contributed by atoms with van der Waals surface area (Å²) in [5.74, 6) is -1.97. The van der Waals surface area contributed by atoms with Gasteiger partial charge in [0, 0.05) is 0 Å². The Morgan fingerprint density at radius 3 is 2.67 bits per heavy atom. The zero-order chi connectivity index (χ0) is 13.3. The minimum absolute atomic E-state index is 0.344. The molecule has 1 aromatic rings. The molecular formula is C13H16O5. The second kappa shape index (κ2) is 4.68. The summed E-state index contributed by atoms with van der Waals surface area (Å²) in [5.41, 5.74) is 0.995. The van der Waals surface area contributed by atoms with Gasteiger partial charge in [-0.15, -0.1) is 0 Å². The van der Waals surface area contributed by atoms with Crippen molar-refractivity contribution in [1.29, 1.82) is 0 Å². The predicted octanol–water partition coefficient (Wildman–Crippen LogP) is 1.63. The molecule has 18 heavy (non-hydrogen) atoms. The van der Waals surface area contributed by atoms with Gasteiger partial charge in [-0.3, -0.25) is 0 Å². The molecule has 1 saturated heterocycles. The third kappa shape index (κ3) is 2.53. The van der Waals surface area contributed by atoms with E-state index in [4.69, 9.17) is 14.6 Å². The average molecular weight is 252 g/mol. The number of aliphatic hydroxyl groups is 1. The van der Waals surface area contributed by atoms with Gasteiger partial charge in [0.1, 0.15) is 6.10 Å². The Bertz CT molecular complexity index is 454. The minimum atomic E-state index is -1.55. The maximum Gasteiger partial charge on any atom is 0.337 e. The van der Waals surface area contributed by atoms with E-state index in [9.17, 15) is 9.90 Å². The van der Waals surface area contributed by atoms with Crippen LogP contribution in [0.25, 0.3) is 0 Å². The van der Waals surface area contributed by atoms with Crippen molar-refractivity contribution >= 4 is 5.97 Å². The number of aliphatic carboxylic acids is 1. The summed E-state index contributed by atoms with van der Waals surface area (Å²) in [6, 6.07) is 6.80. The molecule has 2 unspecified atom stereocenters. The number of benzene rings is 1. The zero-order valence-corrected chi connectivity index (χ0v) is 10.3. The van der Waals surface area contributed by atoms with Gasteiger partial charge >= 0.3 is 5.97 Å². The Morgan fingerprint density at radius 2 is 2.11 bits per heavy atom. The van der Waals surface area contributed by atoms with Gasteiger partial charge in [-0.1, -0.05) is 24.3 Å². The number of ether oxygens (including phenoxy) is 2. The van der Waals surface area contributed by atoms with Crippen LogP contribution >= 0.6 is 0 Å². The molecule has 5 heteroatoms. The molecule has 0 aliphatic carbocycles. The van der Waals surface area contributed by atoms with Crippen molar-refractivity contribution < 1.29 is 24.5 Å². The van der Waals surface area contributed by atoms with E-state index < -0.39 is 17.9 Å². The molecule has 0 spiro atoms. The van der Waals surface area contributed by atoms with Gasteiger partial charge in [-0.05, 0) is 25.0 Å². The van der Waals surface area contributed by atoms with Crippen molar-refractivity contribution in [1.82, 2.24) is 0 Å². The average Bonchev–Trinajstić information content (AvgIpc) is 2.68. The first-order chi connectivity index (χ1) is 8.41. The fourth-order valence-electron chi connectivity index (χ4n) is 2.03. The van der Waals surface area contributed by atoms with E-state index in [0.29, 0.717) is 17.7 Å². The second-order valence-corrected chi connectivity index (χ2v) is 4.69. The molecule has 0 radical (unpaired) electrons. The molecule has 98 valence electrons. The summed E-state index contributed by atoms with van der Waals surface area (Å²) < 4.78 is 11.1. The summed E-state index contributed by atoms with van der Waals surface area (Å²) in [6.07, 6.45) is -1.90. The molecule has 0 aromatic heterocycles. The quantitative estimate of drug-likeness (QED) is 0.855. The first kappa shape index (κ1) is 13.0. The van der Waals surface area contributed by atoms with Crippen LogP contribution in [0.3, 0.4) is 0 Å². The number of carboxylic acid groups (broad SMARTS) is 1. The maximum atomic E-state index is 10.9. The smallest absolute Gasteiger partial charge is 0.337 e. The molecule has 2 rings (SSSR count). The SMILES string of the molecule is CC1(C)OCC(c2ccccc2C(O)C(=O)O)O1. The molecule has 1 heterocycles. The van der Waals surface area contributed by atoms with Crippen molar-refractivity contribution in [3.8, 4) is 0 Å². The van der Waals surface area contributed by atoms with Crippen molar-refractivity contribution in [2.45, 2.75) is 31.8 Å². The monoisotopic (exact) mass is 252 g/mol. The largest absolute Gasteiger partial charge is 0.479 e. The lowest BCUT2D eigenvalue weighted by atomic mass is 9.98. The van der Waals surface area contributed by atoms with Crippen LogP contribution in [-0.2, 0) is 14.3 Å². The standard InChI is InChI=1S/C13H16O5/c1-13(2)17-7-10(18-13)8-5-3-4-6-9(8)11(14)12(15)16/h3-6,10-11,14H,7H2,1-2H3,(H,15,16). The van der Waals surface area contributed by atoms with E-state index in [1.54, 1.807) is 38.1 Å². The van der Waals surface area contributed by atoms with Crippen LogP contribution in [0.4, 0.5) is 0 Å². The van der Waals surface area contributed by atoms with Crippen molar-refractivity contribution in [2.24, 2.45) is 0 Å². The van der Waals surface area contributed by atoms with E-state index in [-0.39, 0.29) is 6.10 Å². The van der Waals surface area contributed by atoms with Crippen molar-refractivity contribution in [2.75, 3.05) is 6.61 Å². The molecule has 0 bridgehead atoms. The van der Waals surface area contributed by atoms with Crippen LogP contribution in [0.15, 0.2) is 24.3 Å². The van der Waals surface area contributed by atoms with Crippen LogP contribution in [0, 0.1) is 0 Å². The molecule has 1 fully saturated rings. The summed E-state index contributed by atoms with van der Waals surface area (Å²) in [4.78, 5) is 10.9. The third-order valence-electron chi connectivity index (χ3n) is 2.88. The lowest BCUT2D eigenvalue weighted by Gasteiger charge is -2.19. The summed E-state index contributed by atoms with van der Waals surface area (Å²) in [5, 5.41) is 18.6. The van der Waals surface area contributed by atoms with Gasteiger partial charge in [0.25, 0.3) is 0 Å². The van der Waals surface area contributed by atoms with E-state index in [2.05, 4.69) is 0 Å². The van der Waals surface area contributed by atoms with E-state index in [1.807, 2.05) is 0 Å². The lowest BCUT2D eigenvalue weighted by Crippen LogP contribution is -2.20. The molecule has 2 atom stereocenters. The highest BCUT2D eigenvalue weighted by atomic mass is 16.7. The van der Waals surface area contributed by atoms with E-state index in [0.717, 1.165) is 0 Å². The Labute approximate surface area is 105 Å².